The quantitative estimate of drug-likeness (QED) is 0.540. The van der Waals surface area contributed by atoms with Crippen LogP contribution in [0, 0.1) is 35.5 Å². The molecule has 1 fully saturated rings. The zero-order valence-electron chi connectivity index (χ0n) is 17.6. The molecule has 0 amide bonds. The molecule has 5 atom stereocenters. The van der Waals surface area contributed by atoms with Crippen molar-refractivity contribution in [1.82, 2.24) is 0 Å². The number of aliphatic hydroxyl groups excluding tert-OH is 2. The van der Waals surface area contributed by atoms with Crippen LogP contribution in [0.3, 0.4) is 0 Å². The third kappa shape index (κ3) is 5.63. The summed E-state index contributed by atoms with van der Waals surface area (Å²) in [5.41, 5.74) is 0. The van der Waals surface area contributed by atoms with Gasteiger partial charge in [-0.05, 0) is 43.9 Å². The highest BCUT2D eigenvalue weighted by molar-refractivity contribution is 6.06. The van der Waals surface area contributed by atoms with Crippen LogP contribution in [0.5, 0.6) is 0 Å². The molecule has 0 aromatic heterocycles. The molecule has 152 valence electrons. The first-order valence-electron chi connectivity index (χ1n) is 10.6. The molecule has 4 nitrogen and oxygen atoms in total. The van der Waals surface area contributed by atoms with Gasteiger partial charge >= 0.3 is 0 Å². The molecule has 0 saturated heterocycles. The van der Waals surface area contributed by atoms with Gasteiger partial charge in [-0.1, -0.05) is 48.0 Å². The van der Waals surface area contributed by atoms with Crippen LogP contribution in [0.25, 0.3) is 0 Å². The minimum atomic E-state index is -1.05. The fraction of sp³-hybridized carbons (Fsp3) is 0.909. The molecule has 1 rings (SSSR count). The number of ketones is 2. The Bertz CT molecular complexity index is 453. The predicted molar refractivity (Wildman–Crippen MR) is 105 cm³/mol. The fourth-order valence-corrected chi connectivity index (χ4v) is 4.34. The average Bonchev–Trinajstić information content (AvgIpc) is 2.81. The van der Waals surface area contributed by atoms with Crippen molar-refractivity contribution in [2.45, 2.75) is 92.3 Å². The SMILES string of the molecule is CCC(CC)C(=O)C1C(=O)C(CCC(C)C)C(C(O)CCC(C)C)C1O. The zero-order valence-corrected chi connectivity index (χ0v) is 17.6. The summed E-state index contributed by atoms with van der Waals surface area (Å²) in [6, 6.07) is 0. The van der Waals surface area contributed by atoms with Crippen molar-refractivity contribution in [2.24, 2.45) is 35.5 Å². The van der Waals surface area contributed by atoms with E-state index in [4.69, 9.17) is 0 Å². The normalized spacial score (nSPS) is 27.7. The molecule has 0 aromatic carbocycles. The highest BCUT2D eigenvalue weighted by atomic mass is 16.3. The highest BCUT2D eigenvalue weighted by Crippen LogP contribution is 2.42. The molecule has 5 unspecified atom stereocenters. The number of Topliss-reactive ketones (excluding diaryl/α,β-unsaturated/α-hetero) is 2. The Labute approximate surface area is 159 Å². The van der Waals surface area contributed by atoms with Gasteiger partial charge in [-0.2, -0.15) is 0 Å². The van der Waals surface area contributed by atoms with E-state index >= 15 is 0 Å². The number of carbonyl (C=O) groups excluding carboxylic acids is 2. The van der Waals surface area contributed by atoms with Crippen molar-refractivity contribution in [1.29, 1.82) is 0 Å². The van der Waals surface area contributed by atoms with Gasteiger partial charge in [-0.15, -0.1) is 0 Å². The largest absolute Gasteiger partial charge is 0.393 e. The van der Waals surface area contributed by atoms with Crippen LogP contribution in [0.1, 0.15) is 80.1 Å². The first-order valence-corrected chi connectivity index (χ1v) is 10.6. The number of aliphatic hydroxyl groups is 2. The van der Waals surface area contributed by atoms with Gasteiger partial charge in [0.05, 0.1) is 12.2 Å². The second kappa shape index (κ2) is 10.6. The Morgan fingerprint density at radius 2 is 1.54 bits per heavy atom. The molecule has 26 heavy (non-hydrogen) atoms. The van der Waals surface area contributed by atoms with E-state index < -0.39 is 30.0 Å². The lowest BCUT2D eigenvalue weighted by molar-refractivity contribution is -0.137. The van der Waals surface area contributed by atoms with E-state index in [0.717, 1.165) is 12.8 Å². The van der Waals surface area contributed by atoms with Gasteiger partial charge in [0.2, 0.25) is 0 Å². The summed E-state index contributed by atoms with van der Waals surface area (Å²) >= 11 is 0. The Balaban J connectivity index is 3.06. The number of hydrogen-bond donors (Lipinski definition) is 2. The molecule has 0 aliphatic heterocycles. The van der Waals surface area contributed by atoms with Crippen molar-refractivity contribution in [3.05, 3.63) is 0 Å². The van der Waals surface area contributed by atoms with Crippen LogP contribution >= 0.6 is 0 Å². The molecule has 1 aliphatic carbocycles. The first kappa shape index (κ1) is 23.3. The van der Waals surface area contributed by atoms with Crippen molar-refractivity contribution in [3.63, 3.8) is 0 Å². The second-order valence-corrected chi connectivity index (χ2v) is 8.98. The van der Waals surface area contributed by atoms with Crippen molar-refractivity contribution in [3.8, 4) is 0 Å². The molecule has 0 bridgehead atoms. The molecular weight excluding hydrogens is 328 g/mol. The maximum atomic E-state index is 13.1. The van der Waals surface area contributed by atoms with E-state index in [1.807, 2.05) is 13.8 Å². The van der Waals surface area contributed by atoms with Gasteiger partial charge in [-0.25, -0.2) is 0 Å². The lowest BCUT2D eigenvalue weighted by atomic mass is 9.82. The molecule has 0 heterocycles. The molecular formula is C22H40O4. The Morgan fingerprint density at radius 3 is 2.00 bits per heavy atom. The van der Waals surface area contributed by atoms with E-state index in [9.17, 15) is 19.8 Å². The van der Waals surface area contributed by atoms with E-state index in [1.165, 1.54) is 0 Å². The number of rotatable bonds is 11. The van der Waals surface area contributed by atoms with Crippen LogP contribution in [0.15, 0.2) is 0 Å². The Morgan fingerprint density at radius 1 is 1.00 bits per heavy atom. The zero-order chi connectivity index (χ0) is 20.0. The number of carbonyl (C=O) groups is 2. The summed E-state index contributed by atoms with van der Waals surface area (Å²) in [4.78, 5) is 26.0. The van der Waals surface area contributed by atoms with Crippen molar-refractivity contribution < 1.29 is 19.8 Å². The smallest absolute Gasteiger partial charge is 0.149 e. The molecule has 0 radical (unpaired) electrons. The number of hydrogen-bond acceptors (Lipinski definition) is 4. The molecule has 1 saturated carbocycles. The molecule has 2 N–H and O–H groups in total. The maximum Gasteiger partial charge on any atom is 0.149 e. The summed E-state index contributed by atoms with van der Waals surface area (Å²) in [5.74, 6) is -1.41. The molecule has 4 heteroatoms. The van der Waals surface area contributed by atoms with E-state index in [2.05, 4.69) is 27.7 Å². The minimum absolute atomic E-state index is 0.124. The monoisotopic (exact) mass is 368 g/mol. The van der Waals surface area contributed by atoms with E-state index in [-0.39, 0.29) is 17.5 Å². The second-order valence-electron chi connectivity index (χ2n) is 8.98. The van der Waals surface area contributed by atoms with Gasteiger partial charge in [0.15, 0.2) is 0 Å². The Kier molecular flexibility index (Phi) is 9.46. The van der Waals surface area contributed by atoms with Crippen LogP contribution in [0.4, 0.5) is 0 Å². The van der Waals surface area contributed by atoms with Crippen LogP contribution in [-0.4, -0.2) is 34.0 Å². The van der Waals surface area contributed by atoms with Gasteiger partial charge in [0.25, 0.3) is 0 Å². The van der Waals surface area contributed by atoms with Crippen molar-refractivity contribution in [2.75, 3.05) is 0 Å². The maximum absolute atomic E-state index is 13.1. The Hall–Kier alpha value is -0.740. The van der Waals surface area contributed by atoms with Gasteiger partial charge in [-0.3, -0.25) is 9.59 Å². The lowest BCUT2D eigenvalue weighted by Crippen LogP contribution is -2.37. The minimum Gasteiger partial charge on any atom is -0.393 e. The average molecular weight is 369 g/mol. The summed E-state index contributed by atoms with van der Waals surface area (Å²) < 4.78 is 0. The van der Waals surface area contributed by atoms with Crippen LogP contribution in [-0.2, 0) is 9.59 Å². The summed E-state index contributed by atoms with van der Waals surface area (Å²) in [6.45, 7) is 12.3. The molecule has 0 aromatic rings. The third-order valence-electron chi connectivity index (χ3n) is 6.11. The van der Waals surface area contributed by atoms with Gasteiger partial charge in [0, 0.05) is 17.8 Å². The predicted octanol–water partition coefficient (Wildman–Crippen LogP) is 4.02. The van der Waals surface area contributed by atoms with E-state index in [1.54, 1.807) is 0 Å². The fourth-order valence-electron chi connectivity index (χ4n) is 4.34. The van der Waals surface area contributed by atoms with Crippen LogP contribution < -0.4 is 0 Å². The summed E-state index contributed by atoms with van der Waals surface area (Å²) in [6.07, 6.45) is 2.51. The topological polar surface area (TPSA) is 74.6 Å². The first-order chi connectivity index (χ1) is 12.1. The van der Waals surface area contributed by atoms with E-state index in [0.29, 0.717) is 37.5 Å². The van der Waals surface area contributed by atoms with Crippen molar-refractivity contribution >= 4 is 11.6 Å². The molecule has 0 spiro atoms. The molecule has 1 aliphatic rings. The van der Waals surface area contributed by atoms with Gasteiger partial charge < -0.3 is 10.2 Å². The summed E-state index contributed by atoms with van der Waals surface area (Å²) in [5, 5.41) is 21.6. The lowest BCUT2D eigenvalue weighted by Gasteiger charge is -2.28. The summed E-state index contributed by atoms with van der Waals surface area (Å²) in [7, 11) is 0. The van der Waals surface area contributed by atoms with Gasteiger partial charge in [0.1, 0.15) is 17.5 Å². The third-order valence-corrected chi connectivity index (χ3v) is 6.11. The highest BCUT2D eigenvalue weighted by Gasteiger charge is 2.54. The standard InChI is InChI=1S/C22H40O4/c1-7-15(8-2)20(24)19-21(25)16(11-9-13(3)4)18(22(19)26)17(23)12-10-14(5)6/h13-19,22-23,26H,7-12H2,1-6H3. The van der Waals surface area contributed by atoms with Crippen LogP contribution in [0.2, 0.25) is 0 Å².